The number of rotatable bonds is 2. The van der Waals surface area contributed by atoms with Crippen LogP contribution in [-0.4, -0.2) is 19.8 Å². The Morgan fingerprint density at radius 3 is 2.32 bits per heavy atom. The Bertz CT molecular complexity index is 538. The van der Waals surface area contributed by atoms with Crippen molar-refractivity contribution in [3.05, 3.63) is 0 Å². The van der Waals surface area contributed by atoms with Gasteiger partial charge in [0.15, 0.2) is 0 Å². The number of nitriles is 1. The van der Waals surface area contributed by atoms with Crippen LogP contribution in [0.15, 0.2) is 0 Å². The Hall–Kier alpha value is -0.600. The predicted molar refractivity (Wildman–Crippen MR) is 70.4 cm³/mol. The number of hydrogen-bond acceptors (Lipinski definition) is 4. The molecule has 0 amide bonds. The van der Waals surface area contributed by atoms with Gasteiger partial charge in [0.05, 0.1) is 18.1 Å². The van der Waals surface area contributed by atoms with Crippen molar-refractivity contribution < 1.29 is 12.6 Å². The standard InChI is InChI=1S/C14H21NO3S/c1-7(2)14(8(3)4)11-5-9-12(10(11)6-15)19(16,17)18-13(9)14/h7-13H,5H2,1-4H3. The van der Waals surface area contributed by atoms with Crippen molar-refractivity contribution in [3.63, 3.8) is 0 Å². The topological polar surface area (TPSA) is 67.2 Å². The second-order valence-electron chi connectivity index (χ2n) is 6.94. The molecule has 0 spiro atoms. The highest BCUT2D eigenvalue weighted by Gasteiger charge is 2.75. The van der Waals surface area contributed by atoms with Gasteiger partial charge in [-0.2, -0.15) is 13.7 Å². The third-order valence-electron chi connectivity index (χ3n) is 5.98. The lowest BCUT2D eigenvalue weighted by Crippen LogP contribution is -2.51. The summed E-state index contributed by atoms with van der Waals surface area (Å²) in [6, 6.07) is 2.28. The van der Waals surface area contributed by atoms with Gasteiger partial charge in [-0.1, -0.05) is 27.7 Å². The molecule has 3 rings (SSSR count). The number of nitrogens with zero attached hydrogens (tertiary/aromatic N) is 1. The average Bonchev–Trinajstić information content (AvgIpc) is 2.85. The SMILES string of the molecule is CC(C)C1(C(C)C)C2CC3C1OS(=O)(=O)C3C2C#N. The smallest absolute Gasteiger partial charge is 0.266 e. The molecule has 1 saturated heterocycles. The highest BCUT2D eigenvalue weighted by atomic mass is 32.2. The first-order chi connectivity index (χ1) is 8.78. The largest absolute Gasteiger partial charge is 0.272 e. The van der Waals surface area contributed by atoms with E-state index in [1.807, 2.05) is 0 Å². The molecule has 0 aromatic rings. The van der Waals surface area contributed by atoms with Gasteiger partial charge >= 0.3 is 0 Å². The predicted octanol–water partition coefficient (Wildman–Crippen LogP) is 2.17. The van der Waals surface area contributed by atoms with Gasteiger partial charge in [-0.15, -0.1) is 0 Å². The van der Waals surface area contributed by atoms with Crippen molar-refractivity contribution in [1.82, 2.24) is 0 Å². The molecule has 5 atom stereocenters. The maximum absolute atomic E-state index is 12.2. The van der Waals surface area contributed by atoms with Crippen molar-refractivity contribution in [3.8, 4) is 6.07 Å². The summed E-state index contributed by atoms with van der Waals surface area (Å²) in [7, 11) is -3.55. The van der Waals surface area contributed by atoms with E-state index in [-0.39, 0.29) is 23.4 Å². The molecule has 0 aromatic carbocycles. The van der Waals surface area contributed by atoms with Gasteiger partial charge in [-0.3, -0.25) is 4.18 Å². The van der Waals surface area contributed by atoms with Gasteiger partial charge < -0.3 is 0 Å². The fourth-order valence-electron chi connectivity index (χ4n) is 5.56. The van der Waals surface area contributed by atoms with E-state index in [1.54, 1.807) is 0 Å². The first kappa shape index (κ1) is 13.4. The molecule has 3 aliphatic rings. The fourth-order valence-corrected chi connectivity index (χ4v) is 7.58. The fraction of sp³-hybridized carbons (Fsp3) is 0.929. The molecule has 106 valence electrons. The average molecular weight is 283 g/mol. The van der Waals surface area contributed by atoms with E-state index in [4.69, 9.17) is 4.18 Å². The van der Waals surface area contributed by atoms with Crippen LogP contribution in [0.25, 0.3) is 0 Å². The molecule has 0 radical (unpaired) electrons. The summed E-state index contributed by atoms with van der Waals surface area (Å²) >= 11 is 0. The molecule has 0 aromatic heterocycles. The van der Waals surface area contributed by atoms with Crippen LogP contribution >= 0.6 is 0 Å². The lowest BCUT2D eigenvalue weighted by Gasteiger charge is -2.48. The molecule has 4 nitrogen and oxygen atoms in total. The molecule has 5 heteroatoms. The zero-order valence-corrected chi connectivity index (χ0v) is 12.6. The molecule has 3 fully saturated rings. The van der Waals surface area contributed by atoms with Crippen molar-refractivity contribution >= 4 is 10.1 Å². The van der Waals surface area contributed by atoms with Gasteiger partial charge in [0, 0.05) is 11.3 Å². The monoisotopic (exact) mass is 283 g/mol. The van der Waals surface area contributed by atoms with Gasteiger partial charge in [0.1, 0.15) is 5.25 Å². The molecule has 5 unspecified atom stereocenters. The van der Waals surface area contributed by atoms with E-state index < -0.39 is 21.3 Å². The quantitative estimate of drug-likeness (QED) is 0.728. The number of hydrogen-bond donors (Lipinski definition) is 0. The maximum atomic E-state index is 12.2. The Balaban J connectivity index is 2.20. The van der Waals surface area contributed by atoms with Crippen LogP contribution in [0.3, 0.4) is 0 Å². The Labute approximate surface area is 115 Å². The first-order valence-electron chi connectivity index (χ1n) is 7.10. The summed E-state index contributed by atoms with van der Waals surface area (Å²) in [5.74, 6) is 0.438. The van der Waals surface area contributed by atoms with E-state index in [1.165, 1.54) is 0 Å². The third-order valence-corrected chi connectivity index (χ3v) is 7.76. The van der Waals surface area contributed by atoms with E-state index in [0.29, 0.717) is 11.8 Å². The molecular formula is C14H21NO3S. The molecule has 2 bridgehead atoms. The minimum Gasteiger partial charge on any atom is -0.266 e. The summed E-state index contributed by atoms with van der Waals surface area (Å²) < 4.78 is 29.9. The molecule has 19 heavy (non-hydrogen) atoms. The molecule has 1 aliphatic heterocycles. The van der Waals surface area contributed by atoms with E-state index in [9.17, 15) is 13.7 Å². The van der Waals surface area contributed by atoms with Crippen LogP contribution in [0.5, 0.6) is 0 Å². The molecule has 1 heterocycles. The highest BCUT2D eigenvalue weighted by Crippen LogP contribution is 2.69. The zero-order chi connectivity index (χ0) is 14.2. The van der Waals surface area contributed by atoms with Crippen molar-refractivity contribution in [2.45, 2.75) is 45.5 Å². The van der Waals surface area contributed by atoms with Gasteiger partial charge in [0.25, 0.3) is 10.1 Å². The first-order valence-corrected chi connectivity index (χ1v) is 8.57. The van der Waals surface area contributed by atoms with Gasteiger partial charge in [-0.25, -0.2) is 0 Å². The maximum Gasteiger partial charge on any atom is 0.272 e. The van der Waals surface area contributed by atoms with E-state index in [2.05, 4.69) is 33.8 Å². The summed E-state index contributed by atoms with van der Waals surface area (Å²) in [5, 5.41) is 8.89. The molecule has 2 aliphatic carbocycles. The van der Waals surface area contributed by atoms with Crippen LogP contribution in [-0.2, 0) is 14.3 Å². The Kier molecular flexibility index (Phi) is 2.63. The zero-order valence-electron chi connectivity index (χ0n) is 11.8. The third kappa shape index (κ3) is 1.30. The highest BCUT2D eigenvalue weighted by molar-refractivity contribution is 7.87. The summed E-state index contributed by atoms with van der Waals surface area (Å²) in [4.78, 5) is 0. The summed E-state index contributed by atoms with van der Waals surface area (Å²) in [5.41, 5.74) is -0.175. The summed E-state index contributed by atoms with van der Waals surface area (Å²) in [6.07, 6.45) is 0.625. The van der Waals surface area contributed by atoms with Gasteiger partial charge in [-0.05, 0) is 24.2 Å². The second-order valence-corrected chi connectivity index (χ2v) is 8.67. The molecule has 0 N–H and O–H groups in total. The van der Waals surface area contributed by atoms with Crippen molar-refractivity contribution in [2.24, 2.45) is 35.0 Å². The van der Waals surface area contributed by atoms with Crippen LogP contribution in [0.4, 0.5) is 0 Å². The number of fused-ring (bicyclic) bond motifs is 1. The lowest BCUT2D eigenvalue weighted by atomic mass is 9.56. The van der Waals surface area contributed by atoms with Crippen molar-refractivity contribution in [1.29, 1.82) is 5.26 Å². The van der Waals surface area contributed by atoms with E-state index in [0.717, 1.165) is 6.42 Å². The molecule has 2 saturated carbocycles. The normalized spacial score (nSPS) is 45.0. The minimum absolute atomic E-state index is 0.0319. The van der Waals surface area contributed by atoms with Crippen LogP contribution in [0, 0.1) is 46.3 Å². The lowest BCUT2D eigenvalue weighted by molar-refractivity contribution is -0.0584. The van der Waals surface area contributed by atoms with Crippen LogP contribution < -0.4 is 0 Å². The molecular weight excluding hydrogens is 262 g/mol. The minimum atomic E-state index is -3.55. The van der Waals surface area contributed by atoms with Crippen molar-refractivity contribution in [2.75, 3.05) is 0 Å². The Morgan fingerprint density at radius 1 is 1.26 bits per heavy atom. The van der Waals surface area contributed by atoms with Crippen LogP contribution in [0.2, 0.25) is 0 Å². The van der Waals surface area contributed by atoms with Gasteiger partial charge in [0.2, 0.25) is 0 Å². The van der Waals surface area contributed by atoms with E-state index >= 15 is 0 Å². The summed E-state index contributed by atoms with van der Waals surface area (Å²) in [6.45, 7) is 8.55. The second kappa shape index (κ2) is 3.73. The Morgan fingerprint density at radius 2 is 1.84 bits per heavy atom. The van der Waals surface area contributed by atoms with Crippen LogP contribution in [0.1, 0.15) is 34.1 Å².